The molecule has 0 saturated carbocycles. The third kappa shape index (κ3) is 2.87. The van der Waals surface area contributed by atoms with Crippen molar-refractivity contribution in [1.29, 1.82) is 0 Å². The van der Waals surface area contributed by atoms with Crippen LogP contribution in [0.4, 0.5) is 5.69 Å². The van der Waals surface area contributed by atoms with Gasteiger partial charge in [0.25, 0.3) is 11.8 Å². The Kier molecular flexibility index (Phi) is 4.53. The maximum atomic E-state index is 13.1. The summed E-state index contributed by atoms with van der Waals surface area (Å²) in [5, 5.41) is 2.42. The van der Waals surface area contributed by atoms with Gasteiger partial charge in [-0.25, -0.2) is 4.98 Å². The van der Waals surface area contributed by atoms with Gasteiger partial charge in [0.1, 0.15) is 5.65 Å². The number of aromatic nitrogens is 2. The number of nitrogens with zero attached hydrogens (tertiary/aromatic N) is 4. The summed E-state index contributed by atoms with van der Waals surface area (Å²) in [6.45, 7) is 0.287. The van der Waals surface area contributed by atoms with Crippen LogP contribution in [0.2, 0.25) is 0 Å². The molecule has 2 amide bonds. The molecule has 6 rings (SSSR count). The average molecular weight is 452 g/mol. The van der Waals surface area contributed by atoms with Crippen LogP contribution in [0.25, 0.3) is 11.2 Å². The van der Waals surface area contributed by atoms with E-state index in [1.807, 2.05) is 41.3 Å². The molecule has 9 heteroatoms. The average Bonchev–Trinajstić information content (AvgIpc) is 3.45. The molecule has 2 aromatic heterocycles. The van der Waals surface area contributed by atoms with Gasteiger partial charge in [0.05, 0.1) is 40.5 Å². The number of ketones is 1. The van der Waals surface area contributed by atoms with E-state index in [2.05, 4.69) is 15.3 Å². The maximum absolute atomic E-state index is 13.1. The Morgan fingerprint density at radius 2 is 1.97 bits per heavy atom. The van der Waals surface area contributed by atoms with Gasteiger partial charge in [0, 0.05) is 37.0 Å². The zero-order chi connectivity index (χ0) is 23.4. The number of hydrogen-bond donors (Lipinski definition) is 2. The topological polar surface area (TPSA) is 122 Å². The molecule has 0 bridgehead atoms. The van der Waals surface area contributed by atoms with Crippen molar-refractivity contribution in [3.63, 3.8) is 0 Å². The molecule has 0 saturated heterocycles. The predicted molar refractivity (Wildman–Crippen MR) is 126 cm³/mol. The summed E-state index contributed by atoms with van der Waals surface area (Å²) in [7, 11) is 0. The van der Waals surface area contributed by atoms with E-state index in [1.54, 1.807) is 29.2 Å². The van der Waals surface area contributed by atoms with Gasteiger partial charge in [-0.2, -0.15) is 0 Å². The van der Waals surface area contributed by atoms with Gasteiger partial charge in [0.2, 0.25) is 0 Å². The molecule has 0 spiro atoms. The maximum Gasteiger partial charge on any atom is 0.261 e. The highest BCUT2D eigenvalue weighted by molar-refractivity contribution is 6.47. The summed E-state index contributed by atoms with van der Waals surface area (Å²) < 4.78 is 1.77. The molecular weight excluding hydrogens is 432 g/mol. The van der Waals surface area contributed by atoms with E-state index in [0.717, 1.165) is 11.3 Å². The van der Waals surface area contributed by atoms with E-state index in [4.69, 9.17) is 5.73 Å². The first kappa shape index (κ1) is 20.3. The van der Waals surface area contributed by atoms with Crippen LogP contribution in [0.5, 0.6) is 0 Å². The first-order chi connectivity index (χ1) is 16.6. The van der Waals surface area contributed by atoms with E-state index in [0.29, 0.717) is 29.0 Å². The van der Waals surface area contributed by atoms with Crippen LogP contribution in [-0.2, 0) is 20.8 Å². The quantitative estimate of drug-likeness (QED) is 0.564. The van der Waals surface area contributed by atoms with Crippen molar-refractivity contribution in [3.05, 3.63) is 83.6 Å². The SMILES string of the molecule is NCCC(=O)C1Cc2cccc3c2N1C=CN=C3C1=C(c2cnc3ccccn23)C(=O)NC1=O. The standard InChI is InChI=1S/C25H20N6O3/c26-8-7-18(32)16-12-14-4-3-5-15-22(27-9-11-31(16)23(14)15)21-20(24(33)29-25(21)34)17-13-28-19-6-1-2-10-30(17)19/h1-6,9-11,13,16H,7-8,12,26H2,(H,29,33,34). The van der Waals surface area contributed by atoms with E-state index >= 15 is 0 Å². The number of imidazole rings is 1. The largest absolute Gasteiger partial charge is 0.335 e. The molecule has 1 unspecified atom stereocenters. The Labute approximate surface area is 194 Å². The van der Waals surface area contributed by atoms with Gasteiger partial charge in [-0.3, -0.25) is 29.1 Å². The minimum Gasteiger partial charge on any atom is -0.335 e. The fraction of sp³-hybridized carbons (Fsp3) is 0.160. The summed E-state index contributed by atoms with van der Waals surface area (Å²) in [6, 6.07) is 10.8. The number of aliphatic imine (C=N–C) groups is 1. The summed E-state index contributed by atoms with van der Waals surface area (Å²) in [4.78, 5) is 49.7. The van der Waals surface area contributed by atoms with Gasteiger partial charge in [-0.1, -0.05) is 24.3 Å². The van der Waals surface area contributed by atoms with E-state index in [9.17, 15) is 14.4 Å². The molecule has 1 aromatic carbocycles. The number of carbonyl (C=O) groups excluding carboxylic acids is 3. The Balaban J connectivity index is 1.54. The number of nitrogens with two attached hydrogens (primary N) is 1. The number of amides is 2. The Bertz CT molecular complexity index is 1500. The van der Waals surface area contributed by atoms with Crippen molar-refractivity contribution in [2.75, 3.05) is 11.4 Å². The lowest BCUT2D eigenvalue weighted by Crippen LogP contribution is -2.36. The second-order valence-electron chi connectivity index (χ2n) is 8.33. The number of imide groups is 1. The molecule has 3 aliphatic heterocycles. The van der Waals surface area contributed by atoms with Crippen molar-refractivity contribution in [3.8, 4) is 0 Å². The molecule has 3 aromatic rings. The van der Waals surface area contributed by atoms with Crippen LogP contribution in [0.15, 0.2) is 71.8 Å². The number of benzene rings is 1. The van der Waals surface area contributed by atoms with E-state index in [1.165, 1.54) is 0 Å². The molecule has 168 valence electrons. The van der Waals surface area contributed by atoms with Crippen LogP contribution < -0.4 is 16.0 Å². The molecule has 0 aliphatic carbocycles. The molecule has 34 heavy (non-hydrogen) atoms. The fourth-order valence-electron chi connectivity index (χ4n) is 4.96. The Morgan fingerprint density at radius 1 is 1.12 bits per heavy atom. The summed E-state index contributed by atoms with van der Waals surface area (Å²) in [5.74, 6) is -0.961. The number of fused-ring (bicyclic) bond motifs is 1. The highest BCUT2D eigenvalue weighted by atomic mass is 16.2. The Morgan fingerprint density at radius 3 is 2.82 bits per heavy atom. The van der Waals surface area contributed by atoms with Crippen LogP contribution in [0.1, 0.15) is 23.2 Å². The lowest BCUT2D eigenvalue weighted by atomic mass is 9.94. The van der Waals surface area contributed by atoms with Gasteiger partial charge in [-0.15, -0.1) is 0 Å². The number of rotatable bonds is 5. The second-order valence-corrected chi connectivity index (χ2v) is 8.33. The molecule has 0 radical (unpaired) electrons. The Hall–Kier alpha value is -4.37. The third-order valence-electron chi connectivity index (χ3n) is 6.42. The van der Waals surface area contributed by atoms with Crippen LogP contribution in [-0.4, -0.2) is 45.3 Å². The van der Waals surface area contributed by atoms with Gasteiger partial charge in [-0.05, 0) is 24.2 Å². The molecule has 5 heterocycles. The van der Waals surface area contributed by atoms with E-state index in [-0.39, 0.29) is 35.9 Å². The van der Waals surface area contributed by atoms with Crippen molar-refractivity contribution in [2.24, 2.45) is 10.7 Å². The third-order valence-corrected chi connectivity index (χ3v) is 6.42. The zero-order valence-electron chi connectivity index (χ0n) is 18.1. The van der Waals surface area contributed by atoms with E-state index < -0.39 is 11.8 Å². The molecule has 0 fully saturated rings. The minimum atomic E-state index is -0.516. The van der Waals surface area contributed by atoms with Crippen LogP contribution in [0.3, 0.4) is 0 Å². The molecule has 1 atom stereocenters. The normalized spacial score (nSPS) is 18.9. The van der Waals surface area contributed by atoms with Crippen LogP contribution >= 0.6 is 0 Å². The number of hydrogen-bond acceptors (Lipinski definition) is 7. The number of anilines is 1. The lowest BCUT2D eigenvalue weighted by molar-refractivity contribution is -0.123. The fourth-order valence-corrected chi connectivity index (χ4v) is 4.96. The van der Waals surface area contributed by atoms with Crippen molar-refractivity contribution >= 4 is 40.2 Å². The summed E-state index contributed by atoms with van der Waals surface area (Å²) in [6.07, 6.45) is 7.53. The van der Waals surface area contributed by atoms with Crippen molar-refractivity contribution in [2.45, 2.75) is 18.9 Å². The second kappa shape index (κ2) is 7.60. The predicted octanol–water partition coefficient (Wildman–Crippen LogP) is 1.37. The number of Topliss-reactive ketones (excluding diaryl/α,β-unsaturated/α-hetero) is 1. The minimum absolute atomic E-state index is 0.0529. The van der Waals surface area contributed by atoms with Crippen molar-refractivity contribution in [1.82, 2.24) is 14.7 Å². The first-order valence-corrected chi connectivity index (χ1v) is 11.0. The highest BCUT2D eigenvalue weighted by Gasteiger charge is 2.40. The lowest BCUT2D eigenvalue weighted by Gasteiger charge is -2.23. The number of pyridine rings is 1. The van der Waals surface area contributed by atoms with Gasteiger partial charge < -0.3 is 10.6 Å². The molecule has 3 N–H and O–H groups in total. The first-order valence-electron chi connectivity index (χ1n) is 11.0. The zero-order valence-corrected chi connectivity index (χ0v) is 18.1. The smallest absolute Gasteiger partial charge is 0.261 e. The number of para-hydroxylation sites is 1. The van der Waals surface area contributed by atoms with Gasteiger partial charge in [0.15, 0.2) is 5.78 Å². The highest BCUT2D eigenvalue weighted by Crippen LogP contribution is 2.40. The molecule has 3 aliphatic rings. The summed E-state index contributed by atoms with van der Waals surface area (Å²) >= 11 is 0. The monoisotopic (exact) mass is 452 g/mol. The molecule has 9 nitrogen and oxygen atoms in total. The van der Waals surface area contributed by atoms with Crippen molar-refractivity contribution < 1.29 is 14.4 Å². The number of carbonyl (C=O) groups is 3. The molecular formula is C25H20N6O3. The van der Waals surface area contributed by atoms with Gasteiger partial charge >= 0.3 is 0 Å². The summed E-state index contributed by atoms with van der Waals surface area (Å²) in [5.41, 5.74) is 10.1. The van der Waals surface area contributed by atoms with Crippen LogP contribution in [0, 0.1) is 0 Å². The number of nitrogens with one attached hydrogen (secondary N) is 1.